The van der Waals surface area contributed by atoms with Crippen molar-refractivity contribution in [1.29, 1.82) is 0 Å². The molecule has 1 aliphatic heterocycles. The minimum Gasteiger partial charge on any atom is -0.340 e. The second kappa shape index (κ2) is 10.1. The van der Waals surface area contributed by atoms with Gasteiger partial charge in [-0.25, -0.2) is 0 Å². The third-order valence-electron chi connectivity index (χ3n) is 6.21. The molecule has 174 valence electrons. The average Bonchev–Trinajstić information content (AvgIpc) is 3.64. The summed E-state index contributed by atoms with van der Waals surface area (Å²) in [6.07, 6.45) is 2.28. The zero-order valence-electron chi connectivity index (χ0n) is 18.5. The molecule has 3 amide bonds. The minimum absolute atomic E-state index is 0.0606. The Balaban J connectivity index is 1.49. The first-order valence-electron chi connectivity index (χ1n) is 11.2. The molecule has 2 aromatic rings. The van der Waals surface area contributed by atoms with Gasteiger partial charge in [-0.3, -0.25) is 14.4 Å². The molecule has 6 nitrogen and oxygen atoms in total. The Morgan fingerprint density at radius 3 is 2.42 bits per heavy atom. The molecule has 33 heavy (non-hydrogen) atoms. The lowest BCUT2D eigenvalue weighted by molar-refractivity contribution is -0.144. The van der Waals surface area contributed by atoms with Crippen molar-refractivity contribution in [2.75, 3.05) is 19.6 Å². The number of amides is 3. The van der Waals surface area contributed by atoms with Gasteiger partial charge in [-0.1, -0.05) is 53.5 Å². The zero-order chi connectivity index (χ0) is 23.5. The fourth-order valence-corrected chi connectivity index (χ4v) is 4.72. The summed E-state index contributed by atoms with van der Waals surface area (Å²) in [5.41, 5.74) is 1.20. The predicted molar refractivity (Wildman–Crippen MR) is 128 cm³/mol. The summed E-state index contributed by atoms with van der Waals surface area (Å²) in [6.45, 7) is 3.37. The molecule has 1 saturated carbocycles. The van der Waals surface area contributed by atoms with Gasteiger partial charge in [0, 0.05) is 43.0 Å². The summed E-state index contributed by atoms with van der Waals surface area (Å²) in [7, 11) is 0. The number of hydrogen-bond donors (Lipinski definition) is 1. The molecular formula is C25H27Cl2N3O3. The SMILES string of the molecule is CC1CN(C(=O)C(Cc2ccccc2)NC(=O)c2ccc(Cl)cc2Cl)CCN1C(=O)C1CC1. The van der Waals surface area contributed by atoms with E-state index in [-0.39, 0.29) is 34.4 Å². The lowest BCUT2D eigenvalue weighted by Gasteiger charge is -2.41. The molecule has 0 spiro atoms. The van der Waals surface area contributed by atoms with Crippen molar-refractivity contribution < 1.29 is 14.4 Å². The highest BCUT2D eigenvalue weighted by Gasteiger charge is 2.39. The molecule has 1 aliphatic carbocycles. The molecule has 0 aromatic heterocycles. The van der Waals surface area contributed by atoms with Gasteiger partial charge in [0.05, 0.1) is 10.6 Å². The highest BCUT2D eigenvalue weighted by atomic mass is 35.5. The standard InChI is InChI=1S/C25H27Cl2N3O3/c1-16-15-29(11-12-30(16)24(32)18-7-8-18)25(33)22(13-17-5-3-2-4-6-17)28-23(31)20-10-9-19(26)14-21(20)27/h2-6,9-10,14,16,18,22H,7-8,11-13,15H2,1H3,(H,28,31). The molecule has 2 atom stereocenters. The first-order valence-corrected chi connectivity index (χ1v) is 12.0. The first-order chi connectivity index (χ1) is 15.8. The van der Waals surface area contributed by atoms with Crippen molar-refractivity contribution in [3.8, 4) is 0 Å². The van der Waals surface area contributed by atoms with Crippen molar-refractivity contribution in [1.82, 2.24) is 15.1 Å². The van der Waals surface area contributed by atoms with Crippen molar-refractivity contribution in [2.45, 2.75) is 38.3 Å². The monoisotopic (exact) mass is 487 g/mol. The van der Waals surface area contributed by atoms with Crippen LogP contribution in [0.5, 0.6) is 0 Å². The second-order valence-corrected chi connectivity index (χ2v) is 9.62. The highest BCUT2D eigenvalue weighted by Crippen LogP contribution is 2.32. The largest absolute Gasteiger partial charge is 0.340 e. The quantitative estimate of drug-likeness (QED) is 0.673. The van der Waals surface area contributed by atoms with Crippen LogP contribution in [0.25, 0.3) is 0 Å². The van der Waals surface area contributed by atoms with Gasteiger partial charge in [0.1, 0.15) is 6.04 Å². The van der Waals surface area contributed by atoms with Crippen LogP contribution >= 0.6 is 23.2 Å². The molecule has 2 aromatic carbocycles. The summed E-state index contributed by atoms with van der Waals surface area (Å²) in [5, 5.41) is 3.54. The van der Waals surface area contributed by atoms with E-state index < -0.39 is 11.9 Å². The summed E-state index contributed by atoms with van der Waals surface area (Å²) < 4.78 is 0. The minimum atomic E-state index is -0.760. The van der Waals surface area contributed by atoms with Crippen molar-refractivity contribution >= 4 is 40.9 Å². The van der Waals surface area contributed by atoms with Gasteiger partial charge in [-0.05, 0) is 43.5 Å². The van der Waals surface area contributed by atoms with E-state index in [0.717, 1.165) is 18.4 Å². The van der Waals surface area contributed by atoms with Gasteiger partial charge in [0.25, 0.3) is 5.91 Å². The average molecular weight is 488 g/mol. The van der Waals surface area contributed by atoms with Gasteiger partial charge < -0.3 is 15.1 Å². The summed E-state index contributed by atoms with van der Waals surface area (Å²) in [4.78, 5) is 42.7. The fraction of sp³-hybridized carbons (Fsp3) is 0.400. The lowest BCUT2D eigenvalue weighted by Crippen LogP contribution is -2.59. The van der Waals surface area contributed by atoms with E-state index >= 15 is 0 Å². The molecule has 1 saturated heterocycles. The predicted octanol–water partition coefficient (Wildman–Crippen LogP) is 3.80. The molecule has 1 heterocycles. The van der Waals surface area contributed by atoms with Crippen molar-refractivity contribution in [3.63, 3.8) is 0 Å². The molecule has 4 rings (SSSR count). The van der Waals surface area contributed by atoms with Gasteiger partial charge in [-0.15, -0.1) is 0 Å². The number of benzene rings is 2. The third kappa shape index (κ3) is 5.68. The van der Waals surface area contributed by atoms with E-state index in [4.69, 9.17) is 23.2 Å². The molecule has 2 fully saturated rings. The number of carbonyl (C=O) groups excluding carboxylic acids is 3. The third-order valence-corrected chi connectivity index (χ3v) is 6.76. The maximum Gasteiger partial charge on any atom is 0.253 e. The van der Waals surface area contributed by atoms with Crippen LogP contribution in [0.3, 0.4) is 0 Å². The Kier molecular flexibility index (Phi) is 7.25. The Morgan fingerprint density at radius 1 is 1.06 bits per heavy atom. The van der Waals surface area contributed by atoms with E-state index in [1.54, 1.807) is 17.0 Å². The first kappa shape index (κ1) is 23.6. The molecular weight excluding hydrogens is 461 g/mol. The van der Waals surface area contributed by atoms with Gasteiger partial charge >= 0.3 is 0 Å². The van der Waals surface area contributed by atoms with E-state index in [2.05, 4.69) is 5.32 Å². The van der Waals surface area contributed by atoms with Crippen LogP contribution < -0.4 is 5.32 Å². The van der Waals surface area contributed by atoms with E-state index in [1.165, 1.54) is 6.07 Å². The second-order valence-electron chi connectivity index (χ2n) is 8.78. The van der Waals surface area contributed by atoms with E-state index in [1.807, 2.05) is 42.2 Å². The zero-order valence-corrected chi connectivity index (χ0v) is 20.0. The van der Waals surface area contributed by atoms with Crippen LogP contribution in [0.4, 0.5) is 0 Å². The van der Waals surface area contributed by atoms with Crippen molar-refractivity contribution in [3.05, 3.63) is 69.7 Å². The van der Waals surface area contributed by atoms with Gasteiger partial charge in [-0.2, -0.15) is 0 Å². The molecule has 1 N–H and O–H groups in total. The number of nitrogens with one attached hydrogen (secondary N) is 1. The van der Waals surface area contributed by atoms with E-state index in [9.17, 15) is 14.4 Å². The fourth-order valence-electron chi connectivity index (χ4n) is 4.23. The summed E-state index contributed by atoms with van der Waals surface area (Å²) >= 11 is 12.2. The Morgan fingerprint density at radius 2 is 1.79 bits per heavy atom. The topological polar surface area (TPSA) is 69.7 Å². The van der Waals surface area contributed by atoms with Crippen LogP contribution in [0.1, 0.15) is 35.7 Å². The maximum absolute atomic E-state index is 13.5. The van der Waals surface area contributed by atoms with Crippen LogP contribution in [-0.2, 0) is 16.0 Å². The number of nitrogens with zero attached hydrogens (tertiary/aromatic N) is 2. The number of piperazine rings is 1. The van der Waals surface area contributed by atoms with Crippen molar-refractivity contribution in [2.24, 2.45) is 5.92 Å². The normalized spacial score (nSPS) is 19.2. The molecule has 0 radical (unpaired) electrons. The van der Waals surface area contributed by atoms with Crippen LogP contribution in [0.15, 0.2) is 48.5 Å². The van der Waals surface area contributed by atoms with E-state index in [0.29, 0.717) is 31.1 Å². The number of rotatable bonds is 6. The number of carbonyl (C=O) groups is 3. The van der Waals surface area contributed by atoms with Gasteiger partial charge in [0.15, 0.2) is 0 Å². The Labute approximate surface area is 203 Å². The van der Waals surface area contributed by atoms with Gasteiger partial charge in [0.2, 0.25) is 11.8 Å². The summed E-state index contributed by atoms with van der Waals surface area (Å²) in [5.74, 6) is -0.241. The van der Waals surface area contributed by atoms with Crippen LogP contribution in [0.2, 0.25) is 10.0 Å². The molecule has 0 bridgehead atoms. The number of halogens is 2. The Hall–Kier alpha value is -2.57. The van der Waals surface area contributed by atoms with Crippen LogP contribution in [-0.4, -0.2) is 59.2 Å². The smallest absolute Gasteiger partial charge is 0.253 e. The molecule has 2 aliphatic rings. The molecule has 8 heteroatoms. The lowest BCUT2D eigenvalue weighted by atomic mass is 10.0. The molecule has 2 unspecified atom stereocenters. The van der Waals surface area contributed by atoms with Crippen LogP contribution in [0, 0.1) is 5.92 Å². The number of hydrogen-bond acceptors (Lipinski definition) is 3. The summed E-state index contributed by atoms with van der Waals surface area (Å²) in [6, 6.07) is 13.4. The Bertz CT molecular complexity index is 1040. The highest BCUT2D eigenvalue weighted by molar-refractivity contribution is 6.36. The maximum atomic E-state index is 13.5.